The number of alkyl halides is 3. The van der Waals surface area contributed by atoms with Crippen molar-refractivity contribution in [3.8, 4) is 0 Å². The first-order valence-electron chi connectivity index (χ1n) is 6.03. The van der Waals surface area contributed by atoms with Gasteiger partial charge in [0.15, 0.2) is 0 Å². The van der Waals surface area contributed by atoms with Gasteiger partial charge < -0.3 is 5.32 Å². The quantitative estimate of drug-likeness (QED) is 0.851. The van der Waals surface area contributed by atoms with E-state index in [4.69, 9.17) is 0 Å². The average molecular weight is 255 g/mol. The fraction of sp³-hybridized carbons (Fsp3) is 0.429. The van der Waals surface area contributed by atoms with Crippen molar-refractivity contribution in [3.05, 3.63) is 41.5 Å². The number of nitrogens with one attached hydrogen (secondary N) is 1. The third kappa shape index (κ3) is 3.13. The van der Waals surface area contributed by atoms with Gasteiger partial charge in [-0.25, -0.2) is 0 Å². The molecule has 1 aliphatic heterocycles. The van der Waals surface area contributed by atoms with Gasteiger partial charge in [0.25, 0.3) is 0 Å². The van der Waals surface area contributed by atoms with Crippen molar-refractivity contribution >= 4 is 6.08 Å². The maximum Gasteiger partial charge on any atom is 0.416 e. The Morgan fingerprint density at radius 3 is 2.33 bits per heavy atom. The van der Waals surface area contributed by atoms with E-state index < -0.39 is 11.7 Å². The van der Waals surface area contributed by atoms with Crippen LogP contribution < -0.4 is 5.32 Å². The molecule has 1 nitrogen and oxygen atoms in total. The van der Waals surface area contributed by atoms with E-state index >= 15 is 0 Å². The summed E-state index contributed by atoms with van der Waals surface area (Å²) in [5, 5.41) is 3.29. The minimum absolute atomic E-state index is 0.465. The first-order chi connectivity index (χ1) is 8.47. The molecule has 1 N–H and O–H groups in total. The van der Waals surface area contributed by atoms with Crippen LogP contribution in [-0.4, -0.2) is 13.1 Å². The molecule has 2 atom stereocenters. The molecule has 2 unspecified atom stereocenters. The zero-order chi connectivity index (χ0) is 13.2. The van der Waals surface area contributed by atoms with E-state index in [1.807, 2.05) is 6.08 Å². The van der Waals surface area contributed by atoms with Crippen LogP contribution in [0, 0.1) is 11.8 Å². The summed E-state index contributed by atoms with van der Waals surface area (Å²) in [7, 11) is 0. The lowest BCUT2D eigenvalue weighted by molar-refractivity contribution is -0.137. The number of hydrogen-bond donors (Lipinski definition) is 1. The van der Waals surface area contributed by atoms with Gasteiger partial charge in [-0.15, -0.1) is 0 Å². The molecule has 2 rings (SSSR count). The minimum Gasteiger partial charge on any atom is -0.316 e. The average Bonchev–Trinajstić information content (AvgIpc) is 2.72. The van der Waals surface area contributed by atoms with Gasteiger partial charge in [-0.05, 0) is 36.1 Å². The van der Waals surface area contributed by atoms with E-state index in [9.17, 15) is 13.2 Å². The zero-order valence-corrected chi connectivity index (χ0v) is 10.2. The third-order valence-corrected chi connectivity index (χ3v) is 3.35. The number of hydrogen-bond acceptors (Lipinski definition) is 1. The Labute approximate surface area is 105 Å². The summed E-state index contributed by atoms with van der Waals surface area (Å²) in [6, 6.07) is 5.25. The largest absolute Gasteiger partial charge is 0.416 e. The van der Waals surface area contributed by atoms with E-state index in [-0.39, 0.29) is 0 Å². The summed E-state index contributed by atoms with van der Waals surface area (Å²) in [6.07, 6.45) is -0.284. The Morgan fingerprint density at radius 2 is 1.83 bits per heavy atom. The molecule has 1 aromatic carbocycles. The molecule has 1 saturated heterocycles. The predicted molar refractivity (Wildman–Crippen MR) is 66.0 cm³/mol. The molecule has 0 spiro atoms. The molecule has 1 fully saturated rings. The van der Waals surface area contributed by atoms with Crippen LogP contribution in [0.5, 0.6) is 0 Å². The monoisotopic (exact) mass is 255 g/mol. The minimum atomic E-state index is -4.26. The normalized spacial score (nSPS) is 24.9. The second kappa shape index (κ2) is 5.14. The molecule has 0 aromatic heterocycles. The van der Waals surface area contributed by atoms with Gasteiger partial charge in [-0.3, -0.25) is 0 Å². The van der Waals surface area contributed by atoms with E-state index in [1.165, 1.54) is 12.1 Å². The lowest BCUT2D eigenvalue weighted by atomic mass is 9.97. The van der Waals surface area contributed by atoms with Crippen molar-refractivity contribution in [2.24, 2.45) is 11.8 Å². The van der Waals surface area contributed by atoms with Crippen LogP contribution in [0.15, 0.2) is 30.3 Å². The third-order valence-electron chi connectivity index (χ3n) is 3.35. The molecule has 18 heavy (non-hydrogen) atoms. The summed E-state index contributed by atoms with van der Waals surface area (Å²) in [5.74, 6) is 1.04. The Morgan fingerprint density at radius 1 is 1.17 bits per heavy atom. The Hall–Kier alpha value is -1.29. The molecule has 1 heterocycles. The molecule has 1 aromatic rings. The molecule has 0 radical (unpaired) electrons. The van der Waals surface area contributed by atoms with Crippen LogP contribution in [0.2, 0.25) is 0 Å². The summed E-state index contributed by atoms with van der Waals surface area (Å²) < 4.78 is 37.1. The number of rotatable bonds is 2. The SMILES string of the molecule is CC1CNCC1C=Cc1ccc(C(F)(F)F)cc1. The summed E-state index contributed by atoms with van der Waals surface area (Å²) >= 11 is 0. The first kappa shape index (κ1) is 13.1. The molecule has 4 heteroatoms. The van der Waals surface area contributed by atoms with Crippen molar-refractivity contribution in [2.45, 2.75) is 13.1 Å². The Balaban J connectivity index is 2.04. The highest BCUT2D eigenvalue weighted by Crippen LogP contribution is 2.29. The van der Waals surface area contributed by atoms with E-state index in [2.05, 4.69) is 18.3 Å². The lowest BCUT2D eigenvalue weighted by Crippen LogP contribution is -2.07. The summed E-state index contributed by atoms with van der Waals surface area (Å²) in [6.45, 7) is 4.11. The molecule has 1 aliphatic rings. The maximum atomic E-state index is 12.4. The van der Waals surface area contributed by atoms with Gasteiger partial charge in [0.05, 0.1) is 5.56 Å². The van der Waals surface area contributed by atoms with E-state index in [1.54, 1.807) is 0 Å². The number of halogens is 3. The van der Waals surface area contributed by atoms with Gasteiger partial charge in [0.2, 0.25) is 0 Å². The second-order valence-electron chi connectivity index (χ2n) is 4.78. The molecule has 98 valence electrons. The molecule has 0 aliphatic carbocycles. The number of benzene rings is 1. The molecular formula is C14H16F3N. The van der Waals surface area contributed by atoms with Crippen LogP contribution in [0.3, 0.4) is 0 Å². The Bertz CT molecular complexity index is 420. The standard InChI is InChI=1S/C14H16F3N/c1-10-8-18-9-12(10)5-2-11-3-6-13(7-4-11)14(15,16)17/h2-7,10,12,18H,8-9H2,1H3. The van der Waals surface area contributed by atoms with Crippen molar-refractivity contribution in [1.82, 2.24) is 5.32 Å². The van der Waals surface area contributed by atoms with Crippen molar-refractivity contribution < 1.29 is 13.2 Å². The lowest BCUT2D eigenvalue weighted by Gasteiger charge is -2.08. The van der Waals surface area contributed by atoms with Gasteiger partial charge in [0, 0.05) is 6.54 Å². The van der Waals surface area contributed by atoms with Gasteiger partial charge >= 0.3 is 6.18 Å². The van der Waals surface area contributed by atoms with Crippen LogP contribution in [0.4, 0.5) is 13.2 Å². The van der Waals surface area contributed by atoms with Crippen LogP contribution in [-0.2, 0) is 6.18 Å². The highest BCUT2D eigenvalue weighted by Gasteiger charge is 2.29. The molecule has 0 bridgehead atoms. The smallest absolute Gasteiger partial charge is 0.316 e. The molecule has 0 saturated carbocycles. The van der Waals surface area contributed by atoms with Crippen molar-refractivity contribution in [3.63, 3.8) is 0 Å². The predicted octanol–water partition coefficient (Wildman–Crippen LogP) is 3.57. The van der Waals surface area contributed by atoms with Crippen LogP contribution in [0.25, 0.3) is 6.08 Å². The van der Waals surface area contributed by atoms with Gasteiger partial charge in [-0.2, -0.15) is 13.2 Å². The highest BCUT2D eigenvalue weighted by atomic mass is 19.4. The summed E-state index contributed by atoms with van der Waals surface area (Å²) in [4.78, 5) is 0. The van der Waals surface area contributed by atoms with E-state index in [0.29, 0.717) is 11.8 Å². The fourth-order valence-electron chi connectivity index (χ4n) is 2.11. The topological polar surface area (TPSA) is 12.0 Å². The van der Waals surface area contributed by atoms with Crippen molar-refractivity contribution in [2.75, 3.05) is 13.1 Å². The molecular weight excluding hydrogens is 239 g/mol. The zero-order valence-electron chi connectivity index (χ0n) is 10.2. The van der Waals surface area contributed by atoms with Crippen molar-refractivity contribution in [1.29, 1.82) is 0 Å². The van der Waals surface area contributed by atoms with Gasteiger partial charge in [0.1, 0.15) is 0 Å². The van der Waals surface area contributed by atoms with Gasteiger partial charge in [-0.1, -0.05) is 31.2 Å². The van der Waals surface area contributed by atoms with E-state index in [0.717, 1.165) is 30.8 Å². The first-order valence-corrected chi connectivity index (χ1v) is 6.03. The highest BCUT2D eigenvalue weighted by molar-refractivity contribution is 5.50. The summed E-state index contributed by atoms with van der Waals surface area (Å²) in [5.41, 5.74) is 0.206. The second-order valence-corrected chi connectivity index (χ2v) is 4.78. The fourth-order valence-corrected chi connectivity index (χ4v) is 2.11. The van der Waals surface area contributed by atoms with Crippen LogP contribution >= 0.6 is 0 Å². The molecule has 0 amide bonds. The maximum absolute atomic E-state index is 12.4. The Kier molecular flexibility index (Phi) is 3.76. The van der Waals surface area contributed by atoms with Crippen LogP contribution in [0.1, 0.15) is 18.1 Å².